The fourth-order valence-corrected chi connectivity index (χ4v) is 2.06. The van der Waals surface area contributed by atoms with E-state index in [9.17, 15) is 27.6 Å². The lowest BCUT2D eigenvalue weighted by atomic mass is 10.1. The van der Waals surface area contributed by atoms with Crippen LogP contribution in [0.15, 0.2) is 40.2 Å². The van der Waals surface area contributed by atoms with E-state index in [0.29, 0.717) is 0 Å². The molecule has 1 N–H and O–H groups in total. The molecule has 0 saturated carbocycles. The van der Waals surface area contributed by atoms with E-state index in [1.807, 2.05) is 0 Å². The maximum atomic E-state index is 13.2. The molecule has 0 bridgehead atoms. The molecule has 10 heteroatoms. The van der Waals surface area contributed by atoms with Crippen LogP contribution in [0.3, 0.4) is 0 Å². The first kappa shape index (κ1) is 17.4. The maximum Gasteiger partial charge on any atom is 0.412 e. The van der Waals surface area contributed by atoms with Gasteiger partial charge in [0, 0.05) is 38.1 Å². The predicted molar refractivity (Wildman–Crippen MR) is 77.4 cm³/mol. The quantitative estimate of drug-likeness (QED) is 0.881. The molecule has 0 fully saturated rings. The number of pyridine rings is 1. The van der Waals surface area contributed by atoms with Crippen molar-refractivity contribution in [3.8, 4) is 0 Å². The number of hydrogen-bond donors (Lipinski definition) is 1. The van der Waals surface area contributed by atoms with Crippen LogP contribution >= 0.6 is 0 Å². The minimum atomic E-state index is -4.78. The summed E-state index contributed by atoms with van der Waals surface area (Å²) in [5, 5.41) is 1.79. The molecule has 0 radical (unpaired) electrons. The van der Waals surface area contributed by atoms with E-state index in [2.05, 4.69) is 4.98 Å². The first-order valence-electron chi connectivity index (χ1n) is 6.67. The smallest absolute Gasteiger partial charge is 0.335 e. The van der Waals surface area contributed by atoms with Gasteiger partial charge in [-0.25, -0.2) is 4.79 Å². The van der Waals surface area contributed by atoms with E-state index in [-0.39, 0.29) is 5.56 Å². The Labute approximate surface area is 133 Å². The number of nitrogens with zero attached hydrogens (tertiary/aromatic N) is 3. The summed E-state index contributed by atoms with van der Waals surface area (Å²) in [6.45, 7) is 0. The molecule has 2 aromatic rings. The van der Waals surface area contributed by atoms with Gasteiger partial charge in [-0.3, -0.25) is 23.7 Å². The highest BCUT2D eigenvalue weighted by Crippen LogP contribution is 2.32. The van der Waals surface area contributed by atoms with Crippen LogP contribution in [-0.4, -0.2) is 26.2 Å². The fourth-order valence-electron chi connectivity index (χ4n) is 2.06. The van der Waals surface area contributed by atoms with E-state index >= 15 is 0 Å². The van der Waals surface area contributed by atoms with Crippen LogP contribution in [0.1, 0.15) is 22.1 Å². The van der Waals surface area contributed by atoms with E-state index in [4.69, 9.17) is 0 Å². The molecule has 128 valence electrons. The molecule has 2 aromatic heterocycles. The number of rotatable bonds is 3. The minimum Gasteiger partial charge on any atom is -0.335 e. The lowest BCUT2D eigenvalue weighted by Crippen LogP contribution is -2.44. The third kappa shape index (κ3) is 3.36. The van der Waals surface area contributed by atoms with Gasteiger partial charge >= 0.3 is 11.9 Å². The molecule has 24 heavy (non-hydrogen) atoms. The van der Waals surface area contributed by atoms with Crippen LogP contribution in [0.2, 0.25) is 0 Å². The minimum absolute atomic E-state index is 0.271. The second-order valence-corrected chi connectivity index (χ2v) is 5.00. The van der Waals surface area contributed by atoms with Crippen LogP contribution < -0.4 is 16.6 Å². The summed E-state index contributed by atoms with van der Waals surface area (Å²) in [4.78, 5) is 39.2. The van der Waals surface area contributed by atoms with Crippen molar-refractivity contribution in [3.05, 3.63) is 62.7 Å². The van der Waals surface area contributed by atoms with Crippen molar-refractivity contribution in [2.45, 2.75) is 12.2 Å². The number of halogens is 3. The molecule has 2 rings (SSSR count). The van der Waals surface area contributed by atoms with Gasteiger partial charge in [0.05, 0.1) is 0 Å². The lowest BCUT2D eigenvalue weighted by molar-refractivity contribution is -0.155. The molecule has 1 unspecified atom stereocenters. The van der Waals surface area contributed by atoms with Crippen molar-refractivity contribution >= 4 is 5.91 Å². The summed E-state index contributed by atoms with van der Waals surface area (Å²) in [7, 11) is 2.38. The lowest BCUT2D eigenvalue weighted by Gasteiger charge is -2.22. The molecule has 0 aromatic carbocycles. The zero-order valence-electron chi connectivity index (χ0n) is 12.7. The van der Waals surface area contributed by atoms with Crippen molar-refractivity contribution in [1.29, 1.82) is 0 Å². The van der Waals surface area contributed by atoms with Gasteiger partial charge in [0.1, 0.15) is 5.69 Å². The average Bonchev–Trinajstić information content (AvgIpc) is 2.53. The van der Waals surface area contributed by atoms with Gasteiger partial charge in [-0.15, -0.1) is 0 Å². The van der Waals surface area contributed by atoms with Crippen molar-refractivity contribution in [3.63, 3.8) is 0 Å². The van der Waals surface area contributed by atoms with E-state index < -0.39 is 35.1 Å². The molecule has 7 nitrogen and oxygen atoms in total. The summed E-state index contributed by atoms with van der Waals surface area (Å²) in [6.07, 6.45) is -2.51. The van der Waals surface area contributed by atoms with Gasteiger partial charge in [-0.1, -0.05) is 6.07 Å². The van der Waals surface area contributed by atoms with Gasteiger partial charge in [0.15, 0.2) is 6.04 Å². The molecule has 1 atom stereocenters. The van der Waals surface area contributed by atoms with E-state index in [0.717, 1.165) is 27.5 Å². The van der Waals surface area contributed by atoms with Gasteiger partial charge < -0.3 is 5.32 Å². The summed E-state index contributed by atoms with van der Waals surface area (Å²) < 4.78 is 41.2. The first-order chi connectivity index (χ1) is 11.1. The van der Waals surface area contributed by atoms with Crippen LogP contribution in [0, 0.1) is 0 Å². The van der Waals surface area contributed by atoms with Gasteiger partial charge in [-0.05, 0) is 6.07 Å². The van der Waals surface area contributed by atoms with Crippen LogP contribution in [0.5, 0.6) is 0 Å². The normalized spacial score (nSPS) is 12.7. The number of amides is 1. The Hall–Kier alpha value is -2.91. The van der Waals surface area contributed by atoms with Crippen LogP contribution in [-0.2, 0) is 14.1 Å². The number of aromatic nitrogens is 3. The Bertz CT molecular complexity index is 872. The molecule has 0 aliphatic heterocycles. The molecule has 2 heterocycles. The average molecular weight is 342 g/mol. The molecule has 0 saturated heterocycles. The molecule has 0 spiro atoms. The first-order valence-corrected chi connectivity index (χ1v) is 6.67. The predicted octanol–water partition coefficient (Wildman–Crippen LogP) is 0.512. The van der Waals surface area contributed by atoms with Crippen LogP contribution in [0.4, 0.5) is 13.2 Å². The third-order valence-corrected chi connectivity index (χ3v) is 3.38. The van der Waals surface area contributed by atoms with Crippen molar-refractivity contribution < 1.29 is 18.0 Å². The second-order valence-electron chi connectivity index (χ2n) is 5.00. The highest BCUT2D eigenvalue weighted by molar-refractivity contribution is 5.92. The van der Waals surface area contributed by atoms with E-state index in [1.54, 1.807) is 5.32 Å². The largest absolute Gasteiger partial charge is 0.412 e. The number of carbonyl (C=O) groups is 1. The number of alkyl halides is 3. The Morgan fingerprint density at radius 2 is 1.92 bits per heavy atom. The fraction of sp³-hybridized carbons (Fsp3) is 0.286. The number of nitrogens with one attached hydrogen (secondary N) is 1. The SMILES string of the molecule is Cn1c(C(=O)NC(c2cccnc2)C(F)(F)F)cc(=O)n(C)c1=O. The Kier molecular flexibility index (Phi) is 4.58. The zero-order chi connectivity index (χ0) is 18.1. The van der Waals surface area contributed by atoms with Crippen molar-refractivity contribution in [1.82, 2.24) is 19.4 Å². The van der Waals surface area contributed by atoms with Crippen LogP contribution in [0.25, 0.3) is 0 Å². The maximum absolute atomic E-state index is 13.2. The third-order valence-electron chi connectivity index (χ3n) is 3.38. The Morgan fingerprint density at radius 1 is 1.25 bits per heavy atom. The van der Waals surface area contributed by atoms with Gasteiger partial charge in [0.25, 0.3) is 11.5 Å². The molecule has 1 amide bonds. The topological polar surface area (TPSA) is 86.0 Å². The summed E-state index contributed by atoms with van der Waals surface area (Å²) in [5.74, 6) is -1.20. The molecule has 0 aliphatic rings. The van der Waals surface area contributed by atoms with Crippen molar-refractivity contribution in [2.24, 2.45) is 14.1 Å². The Morgan fingerprint density at radius 3 is 2.46 bits per heavy atom. The number of carbonyl (C=O) groups excluding carboxylic acids is 1. The molecule has 0 aliphatic carbocycles. The molecular formula is C14H13F3N4O3. The van der Waals surface area contributed by atoms with E-state index in [1.165, 1.54) is 26.4 Å². The standard InChI is InChI=1S/C14H13F3N4O3/c1-20-9(6-10(22)21(2)13(20)24)12(23)19-11(14(15,16)17)8-4-3-5-18-7-8/h3-7,11H,1-2H3,(H,19,23). The summed E-state index contributed by atoms with van der Waals surface area (Å²) in [5.41, 5.74) is -2.36. The Balaban J connectivity index is 2.43. The second kappa shape index (κ2) is 6.30. The summed E-state index contributed by atoms with van der Waals surface area (Å²) in [6, 6.07) is 0.939. The summed E-state index contributed by atoms with van der Waals surface area (Å²) >= 11 is 0. The van der Waals surface area contributed by atoms with Crippen molar-refractivity contribution in [2.75, 3.05) is 0 Å². The monoisotopic (exact) mass is 342 g/mol. The highest BCUT2D eigenvalue weighted by Gasteiger charge is 2.42. The highest BCUT2D eigenvalue weighted by atomic mass is 19.4. The number of hydrogen-bond acceptors (Lipinski definition) is 4. The molecular weight excluding hydrogens is 329 g/mol. The zero-order valence-corrected chi connectivity index (χ0v) is 12.7. The van der Waals surface area contributed by atoms with Gasteiger partial charge in [0.2, 0.25) is 0 Å². The van der Waals surface area contributed by atoms with Gasteiger partial charge in [-0.2, -0.15) is 13.2 Å².